The third-order valence-electron chi connectivity index (χ3n) is 0.840. The lowest BCUT2D eigenvalue weighted by molar-refractivity contribution is -0.164. The SMILES string of the molecule is CCOCCOC(=O)C(=O)O. The first-order chi connectivity index (χ1) is 5.18. The zero-order valence-corrected chi connectivity index (χ0v) is 6.20. The molecule has 0 rings (SSSR count). The van der Waals surface area contributed by atoms with Gasteiger partial charge in [-0.25, -0.2) is 9.59 Å². The van der Waals surface area contributed by atoms with Crippen LogP contribution < -0.4 is 0 Å². The quantitative estimate of drug-likeness (QED) is 0.347. The summed E-state index contributed by atoms with van der Waals surface area (Å²) in [5.74, 6) is -2.83. The topological polar surface area (TPSA) is 72.8 Å². The fourth-order valence-electron chi connectivity index (χ4n) is 0.399. The molecule has 5 heteroatoms. The summed E-state index contributed by atoms with van der Waals surface area (Å²) in [7, 11) is 0. The smallest absolute Gasteiger partial charge is 0.417 e. The van der Waals surface area contributed by atoms with Crippen LogP contribution >= 0.6 is 0 Å². The van der Waals surface area contributed by atoms with Crippen molar-refractivity contribution < 1.29 is 24.2 Å². The van der Waals surface area contributed by atoms with Gasteiger partial charge in [-0.05, 0) is 6.92 Å². The molecule has 0 aromatic carbocycles. The minimum Gasteiger partial charge on any atom is -0.473 e. The van der Waals surface area contributed by atoms with Gasteiger partial charge in [-0.3, -0.25) is 0 Å². The number of hydrogen-bond donors (Lipinski definition) is 1. The van der Waals surface area contributed by atoms with Crippen LogP contribution in [0.25, 0.3) is 0 Å². The molecule has 0 aliphatic rings. The largest absolute Gasteiger partial charge is 0.473 e. The van der Waals surface area contributed by atoms with Crippen molar-refractivity contribution in [2.45, 2.75) is 6.92 Å². The molecule has 0 amide bonds. The number of carbonyl (C=O) groups is 2. The normalized spacial score (nSPS) is 9.18. The van der Waals surface area contributed by atoms with Gasteiger partial charge in [-0.15, -0.1) is 0 Å². The molecule has 0 aromatic rings. The standard InChI is InChI=1S/C6H10O5/c1-2-10-3-4-11-6(9)5(7)8/h2-4H2,1H3,(H,7,8). The molecule has 0 saturated carbocycles. The van der Waals surface area contributed by atoms with Crippen LogP contribution in [0.2, 0.25) is 0 Å². The van der Waals surface area contributed by atoms with Gasteiger partial charge in [0.2, 0.25) is 0 Å². The van der Waals surface area contributed by atoms with E-state index in [4.69, 9.17) is 9.84 Å². The molecule has 0 radical (unpaired) electrons. The Bertz CT molecular complexity index is 142. The van der Waals surface area contributed by atoms with Gasteiger partial charge in [-0.2, -0.15) is 0 Å². The molecular formula is C6H10O5. The first-order valence-electron chi connectivity index (χ1n) is 3.16. The van der Waals surface area contributed by atoms with Crippen LogP contribution in [0.3, 0.4) is 0 Å². The highest BCUT2D eigenvalue weighted by Gasteiger charge is 2.11. The second-order valence-corrected chi connectivity index (χ2v) is 1.64. The third-order valence-corrected chi connectivity index (χ3v) is 0.840. The predicted molar refractivity (Wildman–Crippen MR) is 35.1 cm³/mol. The van der Waals surface area contributed by atoms with Crippen molar-refractivity contribution in [3.8, 4) is 0 Å². The van der Waals surface area contributed by atoms with Gasteiger partial charge >= 0.3 is 11.9 Å². The molecule has 5 nitrogen and oxygen atoms in total. The van der Waals surface area contributed by atoms with E-state index in [0.717, 1.165) is 0 Å². The molecule has 64 valence electrons. The lowest BCUT2D eigenvalue weighted by atomic mass is 10.7. The number of esters is 1. The van der Waals surface area contributed by atoms with Gasteiger partial charge in [0.15, 0.2) is 0 Å². The second-order valence-electron chi connectivity index (χ2n) is 1.64. The van der Waals surface area contributed by atoms with E-state index >= 15 is 0 Å². The monoisotopic (exact) mass is 162 g/mol. The number of rotatable bonds is 4. The van der Waals surface area contributed by atoms with E-state index < -0.39 is 11.9 Å². The van der Waals surface area contributed by atoms with E-state index in [2.05, 4.69) is 4.74 Å². The Hall–Kier alpha value is -1.10. The molecule has 0 fully saturated rings. The molecule has 0 aliphatic heterocycles. The highest BCUT2D eigenvalue weighted by atomic mass is 16.6. The summed E-state index contributed by atoms with van der Waals surface area (Å²) in [4.78, 5) is 20.1. The van der Waals surface area contributed by atoms with Crippen molar-refractivity contribution in [3.05, 3.63) is 0 Å². The van der Waals surface area contributed by atoms with Crippen LogP contribution in [0.4, 0.5) is 0 Å². The van der Waals surface area contributed by atoms with Crippen molar-refractivity contribution in [1.29, 1.82) is 0 Å². The van der Waals surface area contributed by atoms with E-state index in [9.17, 15) is 9.59 Å². The summed E-state index contributed by atoms with van der Waals surface area (Å²) in [5, 5.41) is 8.02. The molecule has 0 saturated heterocycles. The number of carbonyl (C=O) groups excluding carboxylic acids is 1. The van der Waals surface area contributed by atoms with Gasteiger partial charge in [-0.1, -0.05) is 0 Å². The summed E-state index contributed by atoms with van der Waals surface area (Å²) < 4.78 is 9.04. The lowest BCUT2D eigenvalue weighted by Crippen LogP contribution is -2.18. The zero-order valence-electron chi connectivity index (χ0n) is 6.20. The molecule has 1 N–H and O–H groups in total. The maximum atomic E-state index is 10.2. The van der Waals surface area contributed by atoms with Crippen molar-refractivity contribution in [3.63, 3.8) is 0 Å². The van der Waals surface area contributed by atoms with Gasteiger partial charge in [0.1, 0.15) is 6.61 Å². The van der Waals surface area contributed by atoms with Crippen LogP contribution in [-0.4, -0.2) is 36.9 Å². The Morgan fingerprint density at radius 3 is 2.45 bits per heavy atom. The van der Waals surface area contributed by atoms with Crippen LogP contribution in [0, 0.1) is 0 Å². The third kappa shape index (κ3) is 5.35. The lowest BCUT2D eigenvalue weighted by Gasteiger charge is -2.00. The maximum Gasteiger partial charge on any atom is 0.417 e. The number of carboxylic acid groups (broad SMARTS) is 1. The number of aliphatic carboxylic acids is 1. The van der Waals surface area contributed by atoms with Gasteiger partial charge in [0, 0.05) is 6.61 Å². The molecule has 0 bridgehead atoms. The summed E-state index contributed by atoms with van der Waals surface area (Å²) in [6.07, 6.45) is 0. The average molecular weight is 162 g/mol. The zero-order chi connectivity index (χ0) is 8.69. The average Bonchev–Trinajstić information content (AvgIpc) is 1.97. The molecule has 0 aromatic heterocycles. The van der Waals surface area contributed by atoms with Crippen LogP contribution in [0.1, 0.15) is 6.92 Å². The summed E-state index contributed by atoms with van der Waals surface area (Å²) in [6, 6.07) is 0. The first kappa shape index (κ1) is 9.90. The first-order valence-corrected chi connectivity index (χ1v) is 3.16. The summed E-state index contributed by atoms with van der Waals surface area (Å²) >= 11 is 0. The molecular weight excluding hydrogens is 152 g/mol. The minimum absolute atomic E-state index is 0.0149. The Morgan fingerprint density at radius 2 is 2.00 bits per heavy atom. The Labute approximate surface area is 63.9 Å². The summed E-state index contributed by atoms with van der Waals surface area (Å²) in [6.45, 7) is 2.53. The molecule has 11 heavy (non-hydrogen) atoms. The summed E-state index contributed by atoms with van der Waals surface area (Å²) in [5.41, 5.74) is 0. The Balaban J connectivity index is 3.25. The second kappa shape index (κ2) is 5.67. The number of ether oxygens (including phenoxy) is 2. The van der Waals surface area contributed by atoms with E-state index in [1.807, 2.05) is 0 Å². The van der Waals surface area contributed by atoms with Gasteiger partial charge in [0.25, 0.3) is 0 Å². The van der Waals surface area contributed by atoms with E-state index in [1.165, 1.54) is 0 Å². The minimum atomic E-state index is -1.58. The highest BCUT2D eigenvalue weighted by Crippen LogP contribution is 1.80. The molecule has 0 atom stereocenters. The Morgan fingerprint density at radius 1 is 1.36 bits per heavy atom. The highest BCUT2D eigenvalue weighted by molar-refractivity contribution is 6.28. The van der Waals surface area contributed by atoms with Crippen molar-refractivity contribution in [2.24, 2.45) is 0 Å². The van der Waals surface area contributed by atoms with E-state index in [0.29, 0.717) is 6.61 Å². The van der Waals surface area contributed by atoms with Crippen LogP contribution in [0.5, 0.6) is 0 Å². The molecule has 0 heterocycles. The van der Waals surface area contributed by atoms with Crippen LogP contribution in [0.15, 0.2) is 0 Å². The van der Waals surface area contributed by atoms with Crippen LogP contribution in [-0.2, 0) is 19.1 Å². The maximum absolute atomic E-state index is 10.2. The fourth-order valence-corrected chi connectivity index (χ4v) is 0.399. The van der Waals surface area contributed by atoms with Gasteiger partial charge in [0.05, 0.1) is 6.61 Å². The van der Waals surface area contributed by atoms with E-state index in [-0.39, 0.29) is 13.2 Å². The molecule has 0 unspecified atom stereocenters. The number of hydrogen-bond acceptors (Lipinski definition) is 4. The van der Waals surface area contributed by atoms with Gasteiger partial charge < -0.3 is 14.6 Å². The predicted octanol–water partition coefficient (Wildman–Crippen LogP) is -0.349. The van der Waals surface area contributed by atoms with Crippen molar-refractivity contribution in [1.82, 2.24) is 0 Å². The fraction of sp³-hybridized carbons (Fsp3) is 0.667. The van der Waals surface area contributed by atoms with E-state index in [1.54, 1.807) is 6.92 Å². The number of carboxylic acids is 1. The van der Waals surface area contributed by atoms with Crippen molar-refractivity contribution in [2.75, 3.05) is 19.8 Å². The van der Waals surface area contributed by atoms with Crippen molar-refractivity contribution >= 4 is 11.9 Å². The Kier molecular flexibility index (Phi) is 5.10. The molecule has 0 spiro atoms. The molecule has 0 aliphatic carbocycles.